The molecule has 0 radical (unpaired) electrons. The fourth-order valence-electron chi connectivity index (χ4n) is 1.56. The van der Waals surface area contributed by atoms with Crippen molar-refractivity contribution in [2.75, 3.05) is 0 Å². The standard InChI is InChI=1S/C12H4Cl3F4N/c13-6-3-7(11(15)8(14)4-6)5-1-9(12(17,18)19)20-10(16)2-5/h1-4H. The van der Waals surface area contributed by atoms with Gasteiger partial charge in [0.05, 0.1) is 10.0 Å². The summed E-state index contributed by atoms with van der Waals surface area (Å²) in [6.45, 7) is 0. The van der Waals surface area contributed by atoms with Gasteiger partial charge in [-0.2, -0.15) is 17.6 Å². The van der Waals surface area contributed by atoms with Crippen LogP contribution in [0.1, 0.15) is 5.69 Å². The topological polar surface area (TPSA) is 12.9 Å². The van der Waals surface area contributed by atoms with Crippen molar-refractivity contribution in [3.8, 4) is 11.1 Å². The molecule has 0 atom stereocenters. The van der Waals surface area contributed by atoms with Crippen molar-refractivity contribution in [2.45, 2.75) is 6.18 Å². The van der Waals surface area contributed by atoms with Gasteiger partial charge in [0, 0.05) is 16.7 Å². The first-order valence-electron chi connectivity index (χ1n) is 5.08. The number of pyridine rings is 1. The number of hydrogen-bond donors (Lipinski definition) is 0. The molecule has 2 rings (SSSR count). The molecule has 106 valence electrons. The third kappa shape index (κ3) is 3.16. The van der Waals surface area contributed by atoms with Crippen LogP contribution in [0, 0.1) is 5.95 Å². The molecule has 1 nitrogen and oxygen atoms in total. The molecule has 0 fully saturated rings. The van der Waals surface area contributed by atoms with E-state index in [1.165, 1.54) is 12.1 Å². The van der Waals surface area contributed by atoms with Gasteiger partial charge in [-0.1, -0.05) is 34.8 Å². The Labute approximate surface area is 126 Å². The summed E-state index contributed by atoms with van der Waals surface area (Å²) < 4.78 is 51.1. The lowest BCUT2D eigenvalue weighted by atomic mass is 10.1. The minimum absolute atomic E-state index is 0.0187. The lowest BCUT2D eigenvalue weighted by molar-refractivity contribution is -0.141. The Morgan fingerprint density at radius 1 is 0.950 bits per heavy atom. The fraction of sp³-hybridized carbons (Fsp3) is 0.0833. The molecule has 0 N–H and O–H groups in total. The summed E-state index contributed by atoms with van der Waals surface area (Å²) in [4.78, 5) is 2.80. The van der Waals surface area contributed by atoms with Crippen molar-refractivity contribution in [1.29, 1.82) is 0 Å². The van der Waals surface area contributed by atoms with E-state index in [0.717, 1.165) is 6.07 Å². The van der Waals surface area contributed by atoms with Crippen LogP contribution >= 0.6 is 34.8 Å². The zero-order chi connectivity index (χ0) is 15.1. The van der Waals surface area contributed by atoms with E-state index in [4.69, 9.17) is 34.8 Å². The summed E-state index contributed by atoms with van der Waals surface area (Å²) in [5.41, 5.74) is -1.38. The van der Waals surface area contributed by atoms with Gasteiger partial charge in [0.2, 0.25) is 5.95 Å². The highest BCUT2D eigenvalue weighted by molar-refractivity contribution is 6.45. The van der Waals surface area contributed by atoms with Crippen molar-refractivity contribution in [3.05, 3.63) is 51.0 Å². The average molecular weight is 345 g/mol. The Morgan fingerprint density at radius 2 is 1.60 bits per heavy atom. The minimum Gasteiger partial charge on any atom is -0.215 e. The third-order valence-electron chi connectivity index (χ3n) is 2.39. The fourth-order valence-corrected chi connectivity index (χ4v) is 2.28. The van der Waals surface area contributed by atoms with Crippen LogP contribution in [-0.4, -0.2) is 4.98 Å². The lowest BCUT2D eigenvalue weighted by Gasteiger charge is -2.11. The summed E-state index contributed by atoms with van der Waals surface area (Å²) in [5, 5.41) is 0.204. The second-order valence-electron chi connectivity index (χ2n) is 3.81. The van der Waals surface area contributed by atoms with E-state index >= 15 is 0 Å². The van der Waals surface area contributed by atoms with E-state index in [1.54, 1.807) is 0 Å². The van der Waals surface area contributed by atoms with Gasteiger partial charge < -0.3 is 0 Å². The number of aromatic nitrogens is 1. The Morgan fingerprint density at radius 3 is 2.20 bits per heavy atom. The molecule has 1 aromatic carbocycles. The zero-order valence-corrected chi connectivity index (χ0v) is 11.7. The minimum atomic E-state index is -4.77. The Hall–Kier alpha value is -1.04. The normalized spacial score (nSPS) is 11.8. The van der Waals surface area contributed by atoms with Gasteiger partial charge >= 0.3 is 6.18 Å². The molecule has 0 spiro atoms. The number of alkyl halides is 3. The van der Waals surface area contributed by atoms with Crippen molar-refractivity contribution >= 4 is 34.8 Å². The summed E-state index contributed by atoms with van der Waals surface area (Å²) in [5.74, 6) is -1.28. The van der Waals surface area contributed by atoms with E-state index in [9.17, 15) is 17.6 Å². The predicted molar refractivity (Wildman–Crippen MR) is 69.7 cm³/mol. The molecule has 8 heteroatoms. The molecule has 0 saturated carbocycles. The van der Waals surface area contributed by atoms with Crippen molar-refractivity contribution in [1.82, 2.24) is 4.98 Å². The van der Waals surface area contributed by atoms with E-state index in [0.29, 0.717) is 6.07 Å². The largest absolute Gasteiger partial charge is 0.433 e. The van der Waals surface area contributed by atoms with Crippen molar-refractivity contribution in [3.63, 3.8) is 0 Å². The maximum absolute atomic E-state index is 13.3. The first-order chi connectivity index (χ1) is 9.18. The highest BCUT2D eigenvalue weighted by Gasteiger charge is 2.33. The average Bonchev–Trinajstić information content (AvgIpc) is 2.32. The van der Waals surface area contributed by atoms with Crippen LogP contribution in [0.25, 0.3) is 11.1 Å². The summed E-state index contributed by atoms with van der Waals surface area (Å²) in [6, 6.07) is 4.13. The molecule has 1 aromatic heterocycles. The third-order valence-corrected chi connectivity index (χ3v) is 3.41. The van der Waals surface area contributed by atoms with Gasteiger partial charge in [0.1, 0.15) is 5.69 Å². The molecule has 0 aliphatic heterocycles. The highest BCUT2D eigenvalue weighted by atomic mass is 35.5. The van der Waals surface area contributed by atoms with Gasteiger partial charge in [-0.15, -0.1) is 0 Å². The van der Waals surface area contributed by atoms with Gasteiger partial charge in [0.25, 0.3) is 0 Å². The summed E-state index contributed by atoms with van der Waals surface area (Å²) >= 11 is 17.5. The molecule has 1 heterocycles. The molecule has 0 unspecified atom stereocenters. The number of nitrogens with zero attached hydrogens (tertiary/aromatic N) is 1. The summed E-state index contributed by atoms with van der Waals surface area (Å²) in [7, 11) is 0. The van der Waals surface area contributed by atoms with Crippen LogP contribution in [0.3, 0.4) is 0 Å². The molecular weight excluding hydrogens is 340 g/mol. The lowest BCUT2D eigenvalue weighted by Crippen LogP contribution is -2.09. The molecule has 20 heavy (non-hydrogen) atoms. The van der Waals surface area contributed by atoms with E-state index in [-0.39, 0.29) is 26.2 Å². The Bertz CT molecular complexity index is 670. The second-order valence-corrected chi connectivity index (χ2v) is 5.03. The Balaban J connectivity index is 2.68. The van der Waals surface area contributed by atoms with E-state index < -0.39 is 17.8 Å². The van der Waals surface area contributed by atoms with Gasteiger partial charge in [-0.05, 0) is 23.8 Å². The number of hydrogen-bond acceptors (Lipinski definition) is 1. The monoisotopic (exact) mass is 343 g/mol. The SMILES string of the molecule is Fc1cc(-c2cc(Cl)cc(Cl)c2Cl)cc(C(F)(F)F)n1. The smallest absolute Gasteiger partial charge is 0.215 e. The molecule has 0 aliphatic rings. The maximum atomic E-state index is 13.3. The van der Waals surface area contributed by atoms with Crippen LogP contribution < -0.4 is 0 Å². The predicted octanol–water partition coefficient (Wildman–Crippen LogP) is 5.87. The summed E-state index contributed by atoms with van der Waals surface area (Å²) in [6.07, 6.45) is -4.77. The van der Waals surface area contributed by atoms with Crippen LogP contribution in [0.2, 0.25) is 15.1 Å². The van der Waals surface area contributed by atoms with Gasteiger partial charge in [0.15, 0.2) is 0 Å². The number of halogens is 7. The van der Waals surface area contributed by atoms with Crippen LogP contribution in [0.4, 0.5) is 17.6 Å². The van der Waals surface area contributed by atoms with Crippen molar-refractivity contribution < 1.29 is 17.6 Å². The van der Waals surface area contributed by atoms with Crippen LogP contribution in [0.15, 0.2) is 24.3 Å². The molecule has 0 saturated heterocycles. The Kier molecular flexibility index (Phi) is 4.14. The van der Waals surface area contributed by atoms with Gasteiger partial charge in [-0.3, -0.25) is 0 Å². The van der Waals surface area contributed by atoms with E-state index in [1.807, 2.05) is 0 Å². The molecule has 2 aromatic rings. The molecule has 0 bridgehead atoms. The van der Waals surface area contributed by atoms with Gasteiger partial charge in [-0.25, -0.2) is 4.98 Å². The number of rotatable bonds is 1. The van der Waals surface area contributed by atoms with E-state index in [2.05, 4.69) is 4.98 Å². The molecular formula is C12H4Cl3F4N. The highest BCUT2D eigenvalue weighted by Crippen LogP contribution is 2.38. The zero-order valence-electron chi connectivity index (χ0n) is 9.40. The van der Waals surface area contributed by atoms with Crippen LogP contribution in [-0.2, 0) is 6.18 Å². The first-order valence-corrected chi connectivity index (χ1v) is 6.21. The second kappa shape index (κ2) is 5.39. The first kappa shape index (κ1) is 15.4. The van der Waals surface area contributed by atoms with Crippen molar-refractivity contribution in [2.24, 2.45) is 0 Å². The molecule has 0 aliphatic carbocycles. The molecule has 0 amide bonds. The van der Waals surface area contributed by atoms with Crippen LogP contribution in [0.5, 0.6) is 0 Å². The maximum Gasteiger partial charge on any atom is 0.433 e. The number of benzene rings is 1. The quantitative estimate of drug-likeness (QED) is 0.358.